The summed E-state index contributed by atoms with van der Waals surface area (Å²) in [5, 5.41) is 5.43. The maximum absolute atomic E-state index is 13.7. The third kappa shape index (κ3) is 8.99. The fraction of sp³-hybridized carbons (Fsp3) is 0.511. The molecule has 0 bridgehead atoms. The lowest BCUT2D eigenvalue weighted by atomic mass is 9.94. The van der Waals surface area contributed by atoms with Gasteiger partial charge in [-0.15, -0.1) is 0 Å². The van der Waals surface area contributed by atoms with Crippen LogP contribution in [0.5, 0.6) is 11.5 Å². The first-order chi connectivity index (χ1) is 29.0. The molecule has 4 atom stereocenters. The van der Waals surface area contributed by atoms with Crippen LogP contribution in [0.1, 0.15) is 90.1 Å². The van der Waals surface area contributed by atoms with Gasteiger partial charge >= 0.3 is 12.2 Å². The highest BCUT2D eigenvalue weighted by molar-refractivity contribution is 6.04. The molecule has 2 saturated heterocycles. The maximum Gasteiger partial charge on any atom is 0.407 e. The number of aliphatic imine (C=N–C) groups is 1. The topological polar surface area (TPSA) is 177 Å². The Morgan fingerprint density at radius 1 is 0.750 bits per heavy atom. The summed E-state index contributed by atoms with van der Waals surface area (Å²) in [7, 11) is 2.59. The molecule has 0 aliphatic carbocycles. The highest BCUT2D eigenvalue weighted by Crippen LogP contribution is 2.42. The van der Waals surface area contributed by atoms with E-state index in [1.807, 2.05) is 57.0 Å². The molecular weight excluding hydrogens is 767 g/mol. The van der Waals surface area contributed by atoms with Crippen LogP contribution in [0.25, 0.3) is 28.0 Å². The molecule has 320 valence electrons. The number of hydrogen-bond acceptors (Lipinski definition) is 10. The van der Waals surface area contributed by atoms with E-state index >= 15 is 0 Å². The molecule has 7 rings (SSSR count). The standard InChI is InChI=1S/C45H57N7O8/c1-26(2)39(49-44(55)57-5)42(53)51-17-9-11-35(51)33-21-30(24-46-33)28-13-15-31-32-16-14-29(23-38(32)60-20-8-7-19-59-37(31)22-28)34-25-47-41(48-34)36-12-10-18-52(36)43(54)40(27(3)4)50-45(56)58-6/h13-16,22-27,35-36,39-40H,7-12,17-21H2,1-6H3,(H,47,48)(H,49,55)(H,50,56)/t35-,36-,39-,40-/m0/s1. The SMILES string of the molecule is COC(=O)N[C@H](C(=O)N1CCC[C@H]1C1=NC=C(c2ccc3c(c2)OCCCCOc2cc(-c4cnc([C@@H]5CCCN5C(=O)[C@@H](NC(=O)OC)C(C)C)[nH]4)ccc2-3)C1)C(C)C. The quantitative estimate of drug-likeness (QED) is 0.196. The van der Waals surface area contributed by atoms with E-state index < -0.39 is 24.3 Å². The number of rotatable bonds is 10. The maximum atomic E-state index is 13.7. The summed E-state index contributed by atoms with van der Waals surface area (Å²) < 4.78 is 22.5. The predicted octanol–water partition coefficient (Wildman–Crippen LogP) is 6.90. The number of nitrogens with one attached hydrogen (secondary N) is 3. The second kappa shape index (κ2) is 18.6. The van der Waals surface area contributed by atoms with Crippen molar-refractivity contribution in [3.05, 3.63) is 60.2 Å². The van der Waals surface area contributed by atoms with Crippen LogP contribution in [-0.2, 0) is 19.1 Å². The Balaban J connectivity index is 1.08. The number of aromatic nitrogens is 2. The Morgan fingerprint density at radius 2 is 1.28 bits per heavy atom. The van der Waals surface area contributed by atoms with Gasteiger partial charge in [0.15, 0.2) is 0 Å². The molecule has 0 radical (unpaired) electrons. The van der Waals surface area contributed by atoms with Gasteiger partial charge in [-0.2, -0.15) is 0 Å². The number of hydrogen-bond donors (Lipinski definition) is 3. The van der Waals surface area contributed by atoms with Crippen LogP contribution in [0.4, 0.5) is 9.59 Å². The van der Waals surface area contributed by atoms with Crippen molar-refractivity contribution in [2.45, 2.75) is 96.8 Å². The lowest BCUT2D eigenvalue weighted by Crippen LogP contribution is -2.53. The molecule has 15 nitrogen and oxygen atoms in total. The molecule has 5 heterocycles. The van der Waals surface area contributed by atoms with Crippen LogP contribution in [0.2, 0.25) is 0 Å². The average Bonchev–Trinajstić information content (AvgIpc) is 4.09. The first-order valence-corrected chi connectivity index (χ1v) is 21.1. The molecule has 4 aliphatic rings. The summed E-state index contributed by atoms with van der Waals surface area (Å²) in [6.45, 7) is 9.90. The smallest absolute Gasteiger partial charge is 0.407 e. The number of likely N-dealkylation sites (tertiary alicyclic amines) is 2. The number of benzene rings is 2. The summed E-state index contributed by atoms with van der Waals surface area (Å²) in [4.78, 5) is 68.3. The first-order valence-electron chi connectivity index (χ1n) is 21.1. The van der Waals surface area contributed by atoms with Crippen molar-refractivity contribution in [2.24, 2.45) is 16.8 Å². The third-order valence-electron chi connectivity index (χ3n) is 11.9. The van der Waals surface area contributed by atoms with Gasteiger partial charge in [-0.05, 0) is 85.8 Å². The van der Waals surface area contributed by atoms with Gasteiger partial charge in [0.25, 0.3) is 0 Å². The summed E-state index contributed by atoms with van der Waals surface area (Å²) in [5.41, 5.74) is 6.50. The minimum Gasteiger partial charge on any atom is -0.493 e. The average molecular weight is 824 g/mol. The Kier molecular flexibility index (Phi) is 13.1. The van der Waals surface area contributed by atoms with Gasteiger partial charge in [0.05, 0.1) is 51.4 Å². The zero-order chi connectivity index (χ0) is 42.5. The number of methoxy groups -OCH3 is 2. The summed E-state index contributed by atoms with van der Waals surface area (Å²) in [6.07, 6.45) is 7.96. The van der Waals surface area contributed by atoms with Crippen molar-refractivity contribution >= 4 is 35.3 Å². The van der Waals surface area contributed by atoms with Crippen molar-refractivity contribution in [2.75, 3.05) is 40.5 Å². The molecule has 4 aliphatic heterocycles. The number of aromatic amines is 1. The monoisotopic (exact) mass is 823 g/mol. The minimum atomic E-state index is -0.711. The van der Waals surface area contributed by atoms with E-state index in [1.54, 1.807) is 11.1 Å². The Bertz CT molecular complexity index is 2140. The van der Waals surface area contributed by atoms with Crippen molar-refractivity contribution in [1.29, 1.82) is 0 Å². The minimum absolute atomic E-state index is 0.107. The molecule has 2 aromatic carbocycles. The first kappa shape index (κ1) is 42.3. The molecule has 3 N–H and O–H groups in total. The summed E-state index contributed by atoms with van der Waals surface area (Å²) in [6, 6.07) is 10.6. The van der Waals surface area contributed by atoms with Crippen LogP contribution in [0.15, 0.2) is 53.8 Å². The molecule has 0 saturated carbocycles. The normalized spacial score (nSPS) is 19.9. The Labute approximate surface area is 351 Å². The third-order valence-corrected chi connectivity index (χ3v) is 11.9. The zero-order valence-electron chi connectivity index (χ0n) is 35.4. The van der Waals surface area contributed by atoms with Crippen LogP contribution in [0, 0.1) is 11.8 Å². The van der Waals surface area contributed by atoms with Gasteiger partial charge in [-0.25, -0.2) is 14.6 Å². The molecule has 3 aromatic rings. The lowest BCUT2D eigenvalue weighted by molar-refractivity contribution is -0.135. The van der Waals surface area contributed by atoms with Gasteiger partial charge in [0.1, 0.15) is 29.4 Å². The fourth-order valence-corrected chi connectivity index (χ4v) is 8.59. The Morgan fingerprint density at radius 3 is 1.85 bits per heavy atom. The van der Waals surface area contributed by atoms with E-state index in [2.05, 4.69) is 33.8 Å². The number of imidazole rings is 1. The molecule has 15 heteroatoms. The lowest BCUT2D eigenvalue weighted by Gasteiger charge is -2.31. The van der Waals surface area contributed by atoms with Gasteiger partial charge in [-0.3, -0.25) is 14.6 Å². The van der Waals surface area contributed by atoms with Crippen LogP contribution < -0.4 is 20.1 Å². The summed E-state index contributed by atoms with van der Waals surface area (Å²) in [5.74, 6) is 1.67. The number of carbonyl (C=O) groups is 4. The van der Waals surface area contributed by atoms with Crippen LogP contribution in [-0.4, -0.2) is 108 Å². The van der Waals surface area contributed by atoms with E-state index in [-0.39, 0.29) is 35.7 Å². The van der Waals surface area contributed by atoms with E-state index in [0.29, 0.717) is 38.5 Å². The zero-order valence-corrected chi connectivity index (χ0v) is 35.4. The van der Waals surface area contributed by atoms with Gasteiger partial charge < -0.3 is 44.4 Å². The number of alkyl carbamates (subject to hydrolysis) is 2. The molecule has 0 unspecified atom stereocenters. The van der Waals surface area contributed by atoms with Gasteiger partial charge in [0.2, 0.25) is 11.8 Å². The van der Waals surface area contributed by atoms with Crippen LogP contribution >= 0.6 is 0 Å². The largest absolute Gasteiger partial charge is 0.493 e. The van der Waals surface area contributed by atoms with Crippen molar-refractivity contribution in [1.82, 2.24) is 30.4 Å². The number of ether oxygens (including phenoxy) is 4. The molecule has 0 spiro atoms. The molecule has 1 aromatic heterocycles. The molecule has 2 fully saturated rings. The van der Waals surface area contributed by atoms with E-state index in [1.165, 1.54) is 14.2 Å². The number of nitrogens with zero attached hydrogens (tertiary/aromatic N) is 4. The number of amides is 4. The van der Waals surface area contributed by atoms with Crippen molar-refractivity contribution in [3.8, 4) is 33.9 Å². The summed E-state index contributed by atoms with van der Waals surface area (Å²) >= 11 is 0. The highest BCUT2D eigenvalue weighted by Gasteiger charge is 2.39. The van der Waals surface area contributed by atoms with E-state index in [4.69, 9.17) is 28.9 Å². The van der Waals surface area contributed by atoms with E-state index in [9.17, 15) is 19.2 Å². The van der Waals surface area contributed by atoms with Crippen molar-refractivity contribution in [3.63, 3.8) is 0 Å². The Hall–Kier alpha value is -5.86. The van der Waals surface area contributed by atoms with Crippen molar-refractivity contribution < 1.29 is 38.1 Å². The number of carbonyl (C=O) groups excluding carboxylic acids is 4. The number of fused-ring (bicyclic) bond motifs is 3. The number of H-pyrrole nitrogens is 1. The predicted molar refractivity (Wildman–Crippen MR) is 226 cm³/mol. The number of allylic oxidation sites excluding steroid dienone is 1. The molecule has 4 amide bonds. The molecule has 60 heavy (non-hydrogen) atoms. The van der Waals surface area contributed by atoms with Gasteiger partial charge in [0, 0.05) is 48.1 Å². The van der Waals surface area contributed by atoms with Crippen LogP contribution in [0.3, 0.4) is 0 Å². The second-order valence-corrected chi connectivity index (χ2v) is 16.6. The highest BCUT2D eigenvalue weighted by atomic mass is 16.5. The second-order valence-electron chi connectivity index (χ2n) is 16.6. The fourth-order valence-electron chi connectivity index (χ4n) is 8.59. The molecular formula is C45H57N7O8. The van der Waals surface area contributed by atoms with Gasteiger partial charge in [-0.1, -0.05) is 39.8 Å². The van der Waals surface area contributed by atoms with E-state index in [0.717, 1.165) is 89.3 Å².